The molecule has 4 rings (SSSR count). The van der Waals surface area contributed by atoms with E-state index < -0.39 is 35.1 Å². The molecule has 1 aliphatic heterocycles. The number of aliphatic hydroxyl groups is 2. The Bertz CT molecular complexity index is 1120. The van der Waals surface area contributed by atoms with Crippen LogP contribution in [0.25, 0.3) is 0 Å². The highest BCUT2D eigenvalue weighted by atomic mass is 16.5. The van der Waals surface area contributed by atoms with Gasteiger partial charge in [-0.05, 0) is 67.4 Å². The van der Waals surface area contributed by atoms with Crippen molar-refractivity contribution in [2.24, 2.45) is 29.1 Å². The predicted molar refractivity (Wildman–Crippen MR) is 145 cm³/mol. The zero-order chi connectivity index (χ0) is 27.8. The molecular formula is C31H41NO6. The van der Waals surface area contributed by atoms with Crippen LogP contribution in [0, 0.1) is 29.1 Å². The number of hydrogen-bond acceptors (Lipinski definition) is 6. The Hall–Kier alpha value is -2.90. The van der Waals surface area contributed by atoms with E-state index in [1.165, 1.54) is 6.92 Å². The molecule has 3 N–H and O–H groups in total. The molecule has 38 heavy (non-hydrogen) atoms. The summed E-state index contributed by atoms with van der Waals surface area (Å²) in [5.74, 6) is -1.13. The minimum atomic E-state index is -1.29. The number of hydrogen-bond donors (Lipinski definition) is 3. The fourth-order valence-electron chi connectivity index (χ4n) is 7.05. The maximum atomic E-state index is 14.2. The minimum absolute atomic E-state index is 0.158. The second-order valence-electron chi connectivity index (χ2n) is 11.6. The van der Waals surface area contributed by atoms with E-state index in [0.717, 1.165) is 11.3 Å². The van der Waals surface area contributed by atoms with E-state index in [2.05, 4.69) is 18.8 Å². The van der Waals surface area contributed by atoms with Crippen molar-refractivity contribution in [1.29, 1.82) is 0 Å². The van der Waals surface area contributed by atoms with Gasteiger partial charge in [-0.1, -0.05) is 50.8 Å². The topological polar surface area (TPSA) is 105 Å². The van der Waals surface area contributed by atoms with E-state index in [0.29, 0.717) is 24.8 Å². The fourth-order valence-corrected chi connectivity index (χ4v) is 7.05. The standard InChI is InChI=1S/C31H41NO6/c1-18-8-7-9-24-28(34)20(3)19(2)27-25(16-22-10-12-23(37-6)13-11-22)32-29(35)31(24,27)26(38-21(4)33)14-15-30(5,36)17-18/h7,9-15,18-19,24-28,34,36H,3,8,16-17H2,1-2,4-6H3,(H,32,35)/b9-7+,15-14+/t18?,19-,24+,25+,26-,27+,28-,30+,31-/m1/s1. The third-order valence-electron chi connectivity index (χ3n) is 8.74. The van der Waals surface area contributed by atoms with Crippen LogP contribution < -0.4 is 10.1 Å². The number of nitrogens with one attached hydrogen (secondary N) is 1. The Morgan fingerprint density at radius 1 is 1.21 bits per heavy atom. The monoisotopic (exact) mass is 523 g/mol. The molecule has 7 heteroatoms. The molecule has 3 aliphatic rings. The van der Waals surface area contributed by atoms with Gasteiger partial charge >= 0.3 is 5.97 Å². The van der Waals surface area contributed by atoms with E-state index in [1.54, 1.807) is 26.2 Å². The largest absolute Gasteiger partial charge is 0.497 e. The number of allylic oxidation sites excluding steroid dienone is 1. The van der Waals surface area contributed by atoms with Crippen molar-refractivity contribution in [3.05, 3.63) is 66.3 Å². The summed E-state index contributed by atoms with van der Waals surface area (Å²) >= 11 is 0. The first-order valence-electron chi connectivity index (χ1n) is 13.5. The van der Waals surface area contributed by atoms with Gasteiger partial charge in [-0.25, -0.2) is 0 Å². The van der Waals surface area contributed by atoms with E-state index in [-0.39, 0.29) is 29.7 Å². The van der Waals surface area contributed by atoms with Gasteiger partial charge < -0.3 is 25.0 Å². The molecule has 1 unspecified atom stereocenters. The van der Waals surface area contributed by atoms with Crippen LogP contribution in [0.2, 0.25) is 0 Å². The van der Waals surface area contributed by atoms with Crippen LogP contribution in [0.1, 0.15) is 46.1 Å². The molecule has 206 valence electrons. The number of carbonyl (C=O) groups is 2. The molecule has 9 atom stereocenters. The number of rotatable bonds is 4. The summed E-state index contributed by atoms with van der Waals surface area (Å²) in [4.78, 5) is 26.6. The summed E-state index contributed by atoms with van der Waals surface area (Å²) in [5, 5.41) is 25.9. The molecule has 1 saturated carbocycles. The highest BCUT2D eigenvalue weighted by Gasteiger charge is 2.68. The normalized spacial score (nSPS) is 40.7. The molecule has 1 spiro atoms. The van der Waals surface area contributed by atoms with Gasteiger partial charge in [-0.15, -0.1) is 0 Å². The molecular weight excluding hydrogens is 482 g/mol. The third-order valence-corrected chi connectivity index (χ3v) is 8.74. The second-order valence-corrected chi connectivity index (χ2v) is 11.6. The highest BCUT2D eigenvalue weighted by Crippen LogP contribution is 2.58. The zero-order valence-corrected chi connectivity index (χ0v) is 23.0. The molecule has 1 amide bonds. The lowest BCUT2D eigenvalue weighted by atomic mass is 9.51. The van der Waals surface area contributed by atoms with Crippen LogP contribution in [0.5, 0.6) is 5.75 Å². The first-order chi connectivity index (χ1) is 17.9. The van der Waals surface area contributed by atoms with E-state index in [9.17, 15) is 19.8 Å². The highest BCUT2D eigenvalue weighted by molar-refractivity contribution is 5.89. The lowest BCUT2D eigenvalue weighted by Crippen LogP contribution is -2.60. The zero-order valence-electron chi connectivity index (χ0n) is 23.0. The van der Waals surface area contributed by atoms with Crippen molar-refractivity contribution < 1.29 is 29.3 Å². The third kappa shape index (κ3) is 5.06. The van der Waals surface area contributed by atoms with Crippen molar-refractivity contribution in [3.8, 4) is 5.75 Å². The van der Waals surface area contributed by atoms with Crippen LogP contribution in [0.3, 0.4) is 0 Å². The molecule has 1 aromatic rings. The summed E-state index contributed by atoms with van der Waals surface area (Å²) in [7, 11) is 1.62. The van der Waals surface area contributed by atoms with Crippen molar-refractivity contribution in [1.82, 2.24) is 5.32 Å². The maximum absolute atomic E-state index is 14.2. The Morgan fingerprint density at radius 2 is 1.89 bits per heavy atom. The summed E-state index contributed by atoms with van der Waals surface area (Å²) in [5.41, 5.74) is -0.758. The number of ether oxygens (including phenoxy) is 2. The van der Waals surface area contributed by atoms with Gasteiger partial charge in [0.2, 0.25) is 5.91 Å². The van der Waals surface area contributed by atoms with Crippen LogP contribution in [0.15, 0.2) is 60.7 Å². The van der Waals surface area contributed by atoms with Gasteiger partial charge in [0.25, 0.3) is 0 Å². The minimum Gasteiger partial charge on any atom is -0.497 e. The molecule has 1 heterocycles. The van der Waals surface area contributed by atoms with Crippen molar-refractivity contribution in [3.63, 3.8) is 0 Å². The lowest BCUT2D eigenvalue weighted by Gasteiger charge is -2.52. The van der Waals surface area contributed by atoms with Crippen molar-refractivity contribution >= 4 is 11.9 Å². The van der Waals surface area contributed by atoms with Gasteiger partial charge in [-0.3, -0.25) is 9.59 Å². The first kappa shape index (κ1) is 28.1. The smallest absolute Gasteiger partial charge is 0.303 e. The van der Waals surface area contributed by atoms with Gasteiger partial charge in [0.1, 0.15) is 17.3 Å². The molecule has 0 aromatic heterocycles. The Balaban J connectivity index is 1.89. The number of benzene rings is 1. The van der Waals surface area contributed by atoms with E-state index in [4.69, 9.17) is 9.47 Å². The van der Waals surface area contributed by atoms with Crippen molar-refractivity contribution in [2.45, 2.75) is 70.8 Å². The molecule has 1 saturated heterocycles. The SMILES string of the molecule is C=C1[C@@H](C)[C@H]2[C@H](Cc3ccc(OC)cc3)NC(=O)[C@]23[C@H](OC(C)=O)/C=C/[C@](C)(O)CC(C)C/C=C/[C@H]3[C@@H]1O. The Labute approximate surface area is 225 Å². The van der Waals surface area contributed by atoms with Crippen LogP contribution in [-0.4, -0.2) is 53.1 Å². The predicted octanol–water partition coefficient (Wildman–Crippen LogP) is 3.75. The lowest BCUT2D eigenvalue weighted by molar-refractivity contribution is -0.166. The van der Waals surface area contributed by atoms with Gasteiger partial charge in [0.05, 0.1) is 18.8 Å². The van der Waals surface area contributed by atoms with Crippen LogP contribution in [0.4, 0.5) is 0 Å². The van der Waals surface area contributed by atoms with Crippen LogP contribution >= 0.6 is 0 Å². The van der Waals surface area contributed by atoms with Crippen LogP contribution in [-0.2, 0) is 20.7 Å². The molecule has 0 radical (unpaired) electrons. The molecule has 7 nitrogen and oxygen atoms in total. The molecule has 0 bridgehead atoms. The fraction of sp³-hybridized carbons (Fsp3) is 0.548. The summed E-state index contributed by atoms with van der Waals surface area (Å²) in [6.07, 6.45) is 6.94. The molecule has 2 fully saturated rings. The van der Waals surface area contributed by atoms with Gasteiger partial charge in [0.15, 0.2) is 0 Å². The van der Waals surface area contributed by atoms with Gasteiger partial charge in [-0.2, -0.15) is 0 Å². The number of aliphatic hydroxyl groups excluding tert-OH is 1. The first-order valence-corrected chi connectivity index (χ1v) is 13.5. The van der Waals surface area contributed by atoms with E-state index in [1.807, 2.05) is 43.3 Å². The number of amides is 1. The Kier molecular flexibility index (Phi) is 7.91. The maximum Gasteiger partial charge on any atom is 0.303 e. The quantitative estimate of drug-likeness (QED) is 0.410. The molecule has 1 aromatic carbocycles. The average Bonchev–Trinajstić information content (AvgIpc) is 3.13. The molecule has 2 aliphatic carbocycles. The van der Waals surface area contributed by atoms with Crippen molar-refractivity contribution in [2.75, 3.05) is 7.11 Å². The summed E-state index contributed by atoms with van der Waals surface area (Å²) < 4.78 is 11.2. The number of esters is 1. The summed E-state index contributed by atoms with van der Waals surface area (Å²) in [6.45, 7) is 11.3. The van der Waals surface area contributed by atoms with Gasteiger partial charge in [0, 0.05) is 24.8 Å². The average molecular weight is 524 g/mol. The van der Waals surface area contributed by atoms with E-state index >= 15 is 0 Å². The second kappa shape index (κ2) is 10.7. The number of methoxy groups -OCH3 is 1. The summed E-state index contributed by atoms with van der Waals surface area (Å²) in [6, 6.07) is 7.44. The number of carbonyl (C=O) groups excluding carboxylic acids is 2. The Morgan fingerprint density at radius 3 is 2.53 bits per heavy atom.